The van der Waals surface area contributed by atoms with Gasteiger partial charge in [0.15, 0.2) is 5.43 Å². The van der Waals surface area contributed by atoms with Crippen molar-refractivity contribution in [1.82, 2.24) is 4.90 Å². The second-order valence-electron chi connectivity index (χ2n) is 6.23. The van der Waals surface area contributed by atoms with E-state index in [9.17, 15) is 9.59 Å². The Kier molecular flexibility index (Phi) is 3.65. The third-order valence-electron chi connectivity index (χ3n) is 4.76. The summed E-state index contributed by atoms with van der Waals surface area (Å²) in [5.74, 6) is -0.155. The van der Waals surface area contributed by atoms with Crippen molar-refractivity contribution in [1.29, 1.82) is 0 Å². The summed E-state index contributed by atoms with van der Waals surface area (Å²) in [7, 11) is 1.68. The van der Waals surface area contributed by atoms with Crippen molar-refractivity contribution >= 4 is 28.5 Å². The molecule has 0 spiro atoms. The van der Waals surface area contributed by atoms with E-state index in [4.69, 9.17) is 16.0 Å². The predicted octanol–water partition coefficient (Wildman–Crippen LogP) is 4.18. The number of benzene rings is 2. The van der Waals surface area contributed by atoms with E-state index < -0.39 is 6.04 Å². The molecule has 0 saturated heterocycles. The summed E-state index contributed by atoms with van der Waals surface area (Å²) < 4.78 is 5.83. The van der Waals surface area contributed by atoms with Crippen LogP contribution in [0.25, 0.3) is 11.0 Å². The van der Waals surface area contributed by atoms with E-state index in [1.807, 2.05) is 31.2 Å². The predicted molar refractivity (Wildman–Crippen MR) is 97.3 cm³/mol. The van der Waals surface area contributed by atoms with Crippen LogP contribution in [-0.4, -0.2) is 17.9 Å². The maximum absolute atomic E-state index is 13.2. The number of nitrogens with zero attached hydrogens (tertiary/aromatic N) is 1. The van der Waals surface area contributed by atoms with Crippen molar-refractivity contribution < 1.29 is 9.21 Å². The van der Waals surface area contributed by atoms with Gasteiger partial charge in [0.1, 0.15) is 5.58 Å². The fourth-order valence-corrected chi connectivity index (χ4v) is 3.52. The van der Waals surface area contributed by atoms with Crippen molar-refractivity contribution in [2.75, 3.05) is 7.05 Å². The Morgan fingerprint density at radius 1 is 1.12 bits per heavy atom. The van der Waals surface area contributed by atoms with Gasteiger partial charge < -0.3 is 9.32 Å². The van der Waals surface area contributed by atoms with E-state index >= 15 is 0 Å². The summed E-state index contributed by atoms with van der Waals surface area (Å²) >= 11 is 5.97. The number of amides is 1. The minimum atomic E-state index is -0.467. The molecule has 4 rings (SSSR count). The summed E-state index contributed by atoms with van der Waals surface area (Å²) in [6.07, 6.45) is 0.825. The number of rotatable bonds is 2. The van der Waals surface area contributed by atoms with Gasteiger partial charge in [-0.3, -0.25) is 9.59 Å². The van der Waals surface area contributed by atoms with E-state index in [1.54, 1.807) is 30.1 Å². The standard InChI is InChI=1S/C20H16ClNO3/c1-3-11-4-9-15-14(10-11)18(23)16-17(12-5-7-13(21)8-6-12)22(2)20(24)19(16)25-15/h4-10,17H,3H2,1-2H3. The van der Waals surface area contributed by atoms with Crippen LogP contribution in [0.15, 0.2) is 51.7 Å². The van der Waals surface area contributed by atoms with E-state index in [2.05, 4.69) is 0 Å². The first-order chi connectivity index (χ1) is 12.0. The summed E-state index contributed by atoms with van der Waals surface area (Å²) in [4.78, 5) is 27.3. The maximum Gasteiger partial charge on any atom is 0.290 e. The van der Waals surface area contributed by atoms with E-state index in [0.29, 0.717) is 21.6 Å². The van der Waals surface area contributed by atoms with E-state index in [0.717, 1.165) is 17.5 Å². The van der Waals surface area contributed by atoms with E-state index in [1.165, 1.54) is 0 Å². The summed E-state index contributed by atoms with van der Waals surface area (Å²) in [5, 5.41) is 1.12. The Balaban J connectivity index is 2.01. The van der Waals surface area contributed by atoms with Crippen LogP contribution < -0.4 is 5.43 Å². The lowest BCUT2D eigenvalue weighted by atomic mass is 9.98. The molecule has 1 aliphatic heterocycles. The Labute approximate surface area is 149 Å². The van der Waals surface area contributed by atoms with Gasteiger partial charge in [0.25, 0.3) is 5.91 Å². The highest BCUT2D eigenvalue weighted by Gasteiger charge is 2.40. The number of aryl methyl sites for hydroxylation is 1. The normalized spacial score (nSPS) is 16.5. The summed E-state index contributed by atoms with van der Waals surface area (Å²) in [6.45, 7) is 2.03. The molecule has 4 nitrogen and oxygen atoms in total. The molecule has 1 aromatic heterocycles. The SMILES string of the molecule is CCc1ccc2oc3c(c(=O)c2c1)C(c1ccc(Cl)cc1)N(C)C3=O. The van der Waals surface area contributed by atoms with Gasteiger partial charge >= 0.3 is 0 Å². The Morgan fingerprint density at radius 3 is 2.52 bits per heavy atom. The zero-order valence-electron chi connectivity index (χ0n) is 13.9. The second-order valence-corrected chi connectivity index (χ2v) is 6.66. The highest BCUT2D eigenvalue weighted by molar-refractivity contribution is 6.30. The van der Waals surface area contributed by atoms with Gasteiger partial charge in [-0.15, -0.1) is 0 Å². The molecule has 2 heterocycles. The van der Waals surface area contributed by atoms with Crippen LogP contribution in [0, 0.1) is 0 Å². The minimum Gasteiger partial charge on any atom is -0.450 e. The summed E-state index contributed by atoms with van der Waals surface area (Å²) in [5.41, 5.74) is 2.58. The zero-order chi connectivity index (χ0) is 17.7. The average molecular weight is 354 g/mol. The zero-order valence-corrected chi connectivity index (χ0v) is 14.6. The monoisotopic (exact) mass is 353 g/mol. The molecule has 1 atom stereocenters. The van der Waals surface area contributed by atoms with Gasteiger partial charge in [-0.2, -0.15) is 0 Å². The van der Waals surface area contributed by atoms with Crippen LogP contribution in [0.4, 0.5) is 0 Å². The first kappa shape index (κ1) is 15.9. The Bertz CT molecular complexity index is 1050. The average Bonchev–Trinajstić information content (AvgIpc) is 2.87. The fraction of sp³-hybridized carbons (Fsp3) is 0.200. The molecule has 2 aromatic carbocycles. The first-order valence-electron chi connectivity index (χ1n) is 8.13. The molecule has 126 valence electrons. The molecule has 1 amide bonds. The largest absolute Gasteiger partial charge is 0.450 e. The fourth-order valence-electron chi connectivity index (χ4n) is 3.39. The molecule has 1 unspecified atom stereocenters. The van der Waals surface area contributed by atoms with Crippen molar-refractivity contribution in [3.63, 3.8) is 0 Å². The topological polar surface area (TPSA) is 50.5 Å². The van der Waals surface area contributed by atoms with Gasteiger partial charge in [0, 0.05) is 12.1 Å². The molecule has 25 heavy (non-hydrogen) atoms. The van der Waals surface area contributed by atoms with Crippen LogP contribution in [0.1, 0.15) is 40.2 Å². The quantitative estimate of drug-likeness (QED) is 0.694. The van der Waals surface area contributed by atoms with Gasteiger partial charge in [-0.25, -0.2) is 0 Å². The third-order valence-corrected chi connectivity index (χ3v) is 5.01. The van der Waals surface area contributed by atoms with Crippen molar-refractivity contribution in [3.05, 3.63) is 80.2 Å². The van der Waals surface area contributed by atoms with Crippen molar-refractivity contribution in [2.45, 2.75) is 19.4 Å². The number of hydrogen-bond donors (Lipinski definition) is 0. The number of fused-ring (bicyclic) bond motifs is 2. The minimum absolute atomic E-state index is 0.129. The van der Waals surface area contributed by atoms with Gasteiger partial charge in [0.05, 0.1) is 17.0 Å². The highest BCUT2D eigenvalue weighted by Crippen LogP contribution is 2.37. The lowest BCUT2D eigenvalue weighted by Gasteiger charge is -2.20. The Hall–Kier alpha value is -2.59. The lowest BCUT2D eigenvalue weighted by Crippen LogP contribution is -2.25. The van der Waals surface area contributed by atoms with Gasteiger partial charge in [-0.1, -0.05) is 36.7 Å². The van der Waals surface area contributed by atoms with E-state index in [-0.39, 0.29) is 17.1 Å². The summed E-state index contributed by atoms with van der Waals surface area (Å²) in [6, 6.07) is 12.2. The maximum atomic E-state index is 13.2. The molecular weight excluding hydrogens is 338 g/mol. The van der Waals surface area contributed by atoms with Crippen LogP contribution >= 0.6 is 11.6 Å². The van der Waals surface area contributed by atoms with Crippen LogP contribution in [0.5, 0.6) is 0 Å². The molecule has 1 aliphatic rings. The molecule has 3 aromatic rings. The first-order valence-corrected chi connectivity index (χ1v) is 8.51. The van der Waals surface area contributed by atoms with Gasteiger partial charge in [0.2, 0.25) is 5.76 Å². The molecule has 0 aliphatic carbocycles. The number of carbonyl (C=O) groups is 1. The van der Waals surface area contributed by atoms with Crippen molar-refractivity contribution in [3.8, 4) is 0 Å². The van der Waals surface area contributed by atoms with Crippen LogP contribution in [-0.2, 0) is 6.42 Å². The molecular formula is C20H16ClNO3. The number of halogens is 1. The number of carbonyl (C=O) groups excluding carboxylic acids is 1. The molecule has 0 fully saturated rings. The molecule has 0 bridgehead atoms. The second kappa shape index (κ2) is 5.74. The molecule has 0 radical (unpaired) electrons. The molecule has 0 saturated carbocycles. The van der Waals surface area contributed by atoms with Crippen LogP contribution in [0.2, 0.25) is 5.02 Å². The molecule has 5 heteroatoms. The molecule has 0 N–H and O–H groups in total. The van der Waals surface area contributed by atoms with Crippen LogP contribution in [0.3, 0.4) is 0 Å². The van der Waals surface area contributed by atoms with Crippen molar-refractivity contribution in [2.24, 2.45) is 0 Å². The third kappa shape index (κ3) is 2.36. The highest BCUT2D eigenvalue weighted by atomic mass is 35.5. The lowest BCUT2D eigenvalue weighted by molar-refractivity contribution is 0.0771. The number of hydrogen-bond acceptors (Lipinski definition) is 3. The van der Waals surface area contributed by atoms with Gasteiger partial charge in [-0.05, 0) is 41.8 Å². The Morgan fingerprint density at radius 2 is 1.84 bits per heavy atom. The smallest absolute Gasteiger partial charge is 0.290 e.